The molecule has 2 aromatic carbocycles. The Balaban J connectivity index is 2.37. The Morgan fingerprint density at radius 3 is 2.63 bits per heavy atom. The van der Waals surface area contributed by atoms with E-state index in [1.807, 2.05) is 0 Å². The maximum absolute atomic E-state index is 2.39. The molecular formula is C17H15N2+. The highest BCUT2D eigenvalue weighted by Gasteiger charge is 2.19. The SMILES string of the molecule is CC[n+]1c2ccccc2n2ccc3ccccc3c21. The Morgan fingerprint density at radius 2 is 1.74 bits per heavy atom. The van der Waals surface area contributed by atoms with Crippen LogP contribution in [-0.2, 0) is 6.54 Å². The quantitative estimate of drug-likeness (QED) is 0.455. The van der Waals surface area contributed by atoms with Crippen molar-refractivity contribution in [3.8, 4) is 0 Å². The molecule has 0 radical (unpaired) electrons. The average Bonchev–Trinajstić information content (AvgIpc) is 2.81. The molecular weight excluding hydrogens is 232 g/mol. The molecule has 0 aliphatic heterocycles. The van der Waals surface area contributed by atoms with E-state index in [9.17, 15) is 0 Å². The highest BCUT2D eigenvalue weighted by atomic mass is 15.1. The molecule has 92 valence electrons. The lowest BCUT2D eigenvalue weighted by atomic mass is 10.2. The summed E-state index contributed by atoms with van der Waals surface area (Å²) in [5, 5.41) is 2.60. The van der Waals surface area contributed by atoms with Gasteiger partial charge in [-0.15, -0.1) is 0 Å². The number of pyridine rings is 1. The lowest BCUT2D eigenvalue weighted by Gasteiger charge is -1.98. The molecule has 0 spiro atoms. The van der Waals surface area contributed by atoms with Gasteiger partial charge in [0.05, 0.1) is 18.1 Å². The number of rotatable bonds is 1. The molecule has 0 unspecified atom stereocenters. The zero-order valence-corrected chi connectivity index (χ0v) is 10.9. The summed E-state index contributed by atoms with van der Waals surface area (Å²) in [5.41, 5.74) is 3.84. The third-order valence-electron chi connectivity index (χ3n) is 3.84. The van der Waals surface area contributed by atoms with Gasteiger partial charge in [-0.05, 0) is 36.6 Å². The van der Waals surface area contributed by atoms with Gasteiger partial charge >= 0.3 is 0 Å². The van der Waals surface area contributed by atoms with Crippen LogP contribution in [-0.4, -0.2) is 4.40 Å². The summed E-state index contributed by atoms with van der Waals surface area (Å²) in [6.45, 7) is 3.18. The van der Waals surface area contributed by atoms with E-state index in [0.29, 0.717) is 0 Å². The molecule has 0 fully saturated rings. The topological polar surface area (TPSA) is 8.29 Å². The van der Waals surface area contributed by atoms with Gasteiger partial charge in [0.25, 0.3) is 5.65 Å². The number of benzene rings is 2. The van der Waals surface area contributed by atoms with Gasteiger partial charge in [-0.25, -0.2) is 4.57 Å². The van der Waals surface area contributed by atoms with Crippen molar-refractivity contribution in [3.63, 3.8) is 0 Å². The minimum atomic E-state index is 0.977. The van der Waals surface area contributed by atoms with E-state index in [1.165, 1.54) is 27.5 Å². The van der Waals surface area contributed by atoms with E-state index in [4.69, 9.17) is 0 Å². The largest absolute Gasteiger partial charge is 0.295 e. The molecule has 2 heterocycles. The number of aromatic nitrogens is 2. The van der Waals surface area contributed by atoms with Crippen LogP contribution in [0.2, 0.25) is 0 Å². The van der Waals surface area contributed by atoms with E-state index in [0.717, 1.165) is 6.54 Å². The van der Waals surface area contributed by atoms with Crippen LogP contribution in [0.15, 0.2) is 60.8 Å². The van der Waals surface area contributed by atoms with Crippen molar-refractivity contribution >= 4 is 27.5 Å². The van der Waals surface area contributed by atoms with Crippen molar-refractivity contribution in [3.05, 3.63) is 60.8 Å². The second-order valence-electron chi connectivity index (χ2n) is 4.83. The molecule has 0 aliphatic carbocycles. The smallest absolute Gasteiger partial charge is 0.223 e. The van der Waals surface area contributed by atoms with Crippen LogP contribution >= 0.6 is 0 Å². The fraction of sp³-hybridized carbons (Fsp3) is 0.118. The molecule has 0 N–H and O–H groups in total. The fourth-order valence-corrected chi connectivity index (χ4v) is 3.00. The Bertz CT molecular complexity index is 903. The summed E-state index contributed by atoms with van der Waals surface area (Å²) in [6, 6.07) is 19.4. The highest BCUT2D eigenvalue weighted by Crippen LogP contribution is 2.22. The number of para-hydroxylation sites is 2. The third-order valence-corrected chi connectivity index (χ3v) is 3.84. The monoisotopic (exact) mass is 247 g/mol. The summed E-state index contributed by atoms with van der Waals surface area (Å²) in [7, 11) is 0. The Labute approximate surface area is 111 Å². The number of imidazole rings is 1. The maximum atomic E-state index is 2.39. The van der Waals surface area contributed by atoms with E-state index in [1.54, 1.807) is 0 Å². The summed E-state index contributed by atoms with van der Waals surface area (Å²) in [6.07, 6.45) is 2.17. The first-order valence-corrected chi connectivity index (χ1v) is 6.70. The normalized spacial score (nSPS) is 11.6. The van der Waals surface area contributed by atoms with Crippen LogP contribution in [0.3, 0.4) is 0 Å². The van der Waals surface area contributed by atoms with Gasteiger partial charge in [-0.3, -0.25) is 0 Å². The average molecular weight is 247 g/mol. The minimum Gasteiger partial charge on any atom is -0.223 e. The van der Waals surface area contributed by atoms with Crippen LogP contribution < -0.4 is 4.57 Å². The number of aryl methyl sites for hydroxylation is 1. The Kier molecular flexibility index (Phi) is 2.12. The molecule has 0 aliphatic rings. The van der Waals surface area contributed by atoms with Crippen molar-refractivity contribution < 1.29 is 4.57 Å². The lowest BCUT2D eigenvalue weighted by molar-refractivity contribution is -0.641. The van der Waals surface area contributed by atoms with Gasteiger partial charge in [0.1, 0.15) is 0 Å². The molecule has 0 saturated heterocycles. The molecule has 0 amide bonds. The van der Waals surface area contributed by atoms with Crippen molar-refractivity contribution in [1.29, 1.82) is 0 Å². The predicted molar refractivity (Wildman–Crippen MR) is 78.3 cm³/mol. The van der Waals surface area contributed by atoms with Crippen LogP contribution in [0.4, 0.5) is 0 Å². The number of hydrogen-bond acceptors (Lipinski definition) is 0. The van der Waals surface area contributed by atoms with Crippen molar-refractivity contribution in [2.45, 2.75) is 13.5 Å². The molecule has 2 aromatic heterocycles. The number of fused-ring (bicyclic) bond motifs is 5. The first-order valence-electron chi connectivity index (χ1n) is 6.70. The first-order chi connectivity index (χ1) is 9.40. The van der Waals surface area contributed by atoms with Gasteiger partial charge in [-0.2, -0.15) is 4.40 Å². The molecule has 4 aromatic rings. The molecule has 0 bridgehead atoms. The van der Waals surface area contributed by atoms with Crippen molar-refractivity contribution in [2.75, 3.05) is 0 Å². The minimum absolute atomic E-state index is 0.977. The lowest BCUT2D eigenvalue weighted by Crippen LogP contribution is -2.31. The van der Waals surface area contributed by atoms with Crippen molar-refractivity contribution in [1.82, 2.24) is 4.40 Å². The Morgan fingerprint density at radius 1 is 0.947 bits per heavy atom. The van der Waals surface area contributed by atoms with Crippen LogP contribution in [0, 0.1) is 0 Å². The summed E-state index contributed by atoms with van der Waals surface area (Å²) in [5.74, 6) is 0. The van der Waals surface area contributed by atoms with Gasteiger partial charge < -0.3 is 0 Å². The predicted octanol–water partition coefficient (Wildman–Crippen LogP) is 3.55. The van der Waals surface area contributed by atoms with Crippen LogP contribution in [0.25, 0.3) is 27.5 Å². The number of nitrogens with zero attached hydrogens (tertiary/aromatic N) is 2. The summed E-state index contributed by atoms with van der Waals surface area (Å²) in [4.78, 5) is 0. The summed E-state index contributed by atoms with van der Waals surface area (Å²) < 4.78 is 4.68. The van der Waals surface area contributed by atoms with Gasteiger partial charge in [-0.1, -0.05) is 30.3 Å². The maximum Gasteiger partial charge on any atom is 0.295 e. The van der Waals surface area contributed by atoms with E-state index in [-0.39, 0.29) is 0 Å². The summed E-state index contributed by atoms with van der Waals surface area (Å²) >= 11 is 0. The first kappa shape index (κ1) is 10.6. The second-order valence-corrected chi connectivity index (χ2v) is 4.83. The molecule has 19 heavy (non-hydrogen) atoms. The molecule has 0 atom stereocenters. The van der Waals surface area contributed by atoms with E-state index < -0.39 is 0 Å². The molecule has 2 heteroatoms. The molecule has 4 rings (SSSR count). The fourth-order valence-electron chi connectivity index (χ4n) is 3.00. The Hall–Kier alpha value is -2.35. The molecule has 0 saturated carbocycles. The van der Waals surface area contributed by atoms with E-state index in [2.05, 4.69) is 76.7 Å². The van der Waals surface area contributed by atoms with Crippen LogP contribution in [0.5, 0.6) is 0 Å². The van der Waals surface area contributed by atoms with E-state index >= 15 is 0 Å². The standard InChI is InChI=1S/C17H15N2/c1-2-18-15-9-5-6-10-16(15)19-12-11-13-7-3-4-8-14(13)17(18)19/h3-12H,2H2,1H3/q+1. The van der Waals surface area contributed by atoms with Gasteiger partial charge in [0.2, 0.25) is 0 Å². The van der Waals surface area contributed by atoms with Crippen molar-refractivity contribution in [2.24, 2.45) is 0 Å². The second kappa shape index (κ2) is 3.82. The van der Waals surface area contributed by atoms with Gasteiger partial charge in [0, 0.05) is 0 Å². The number of hydrogen-bond donors (Lipinski definition) is 0. The third kappa shape index (κ3) is 1.34. The zero-order valence-electron chi connectivity index (χ0n) is 10.9. The van der Waals surface area contributed by atoms with Gasteiger partial charge in [0.15, 0.2) is 11.0 Å². The van der Waals surface area contributed by atoms with Crippen LogP contribution in [0.1, 0.15) is 6.92 Å². The highest BCUT2D eigenvalue weighted by molar-refractivity contribution is 5.95. The molecule has 2 nitrogen and oxygen atoms in total. The zero-order chi connectivity index (χ0) is 12.8.